The molecule has 0 fully saturated rings. The van der Waals surface area contributed by atoms with E-state index in [0.29, 0.717) is 19.6 Å². The van der Waals surface area contributed by atoms with Gasteiger partial charge in [-0.15, -0.1) is 12.3 Å². The molecular formula is C12H14N2O. The summed E-state index contributed by atoms with van der Waals surface area (Å²) in [5.41, 5.74) is 6.35. The van der Waals surface area contributed by atoms with Crippen molar-refractivity contribution in [2.75, 3.05) is 0 Å². The van der Waals surface area contributed by atoms with E-state index in [9.17, 15) is 0 Å². The highest BCUT2D eigenvalue weighted by molar-refractivity contribution is 5.34. The van der Waals surface area contributed by atoms with Gasteiger partial charge < -0.3 is 4.74 Å². The van der Waals surface area contributed by atoms with Crippen LogP contribution >= 0.6 is 0 Å². The Morgan fingerprint density at radius 2 is 2.27 bits per heavy atom. The topological polar surface area (TPSA) is 47.3 Å². The molecule has 78 valence electrons. The number of nitrogens with two attached hydrogens (primary N) is 1. The van der Waals surface area contributed by atoms with Gasteiger partial charge in [-0.1, -0.05) is 18.2 Å². The molecule has 0 saturated carbocycles. The summed E-state index contributed by atoms with van der Waals surface area (Å²) in [4.78, 5) is 0. The van der Waals surface area contributed by atoms with Gasteiger partial charge in [0.1, 0.15) is 0 Å². The molecule has 3 nitrogen and oxygen atoms in total. The van der Waals surface area contributed by atoms with E-state index in [1.54, 1.807) is 0 Å². The number of rotatable bonds is 3. The van der Waals surface area contributed by atoms with E-state index in [4.69, 9.17) is 17.0 Å². The molecule has 15 heavy (non-hydrogen) atoms. The van der Waals surface area contributed by atoms with Crippen molar-refractivity contribution in [1.29, 1.82) is 0 Å². The summed E-state index contributed by atoms with van der Waals surface area (Å²) in [7, 11) is 0. The third-order valence-corrected chi connectivity index (χ3v) is 2.67. The molecule has 1 aliphatic rings. The van der Waals surface area contributed by atoms with Crippen molar-refractivity contribution in [3.8, 4) is 12.3 Å². The molecule has 3 N–H and O–H groups in total. The molecule has 1 aromatic carbocycles. The normalized spacial score (nSPS) is 15.7. The average Bonchev–Trinajstić information content (AvgIpc) is 2.72. The van der Waals surface area contributed by atoms with Gasteiger partial charge in [0.25, 0.3) is 0 Å². The number of terminal acetylenes is 1. The van der Waals surface area contributed by atoms with Gasteiger partial charge in [0.2, 0.25) is 0 Å². The second-order valence-corrected chi connectivity index (χ2v) is 3.65. The van der Waals surface area contributed by atoms with Crippen LogP contribution in [0, 0.1) is 12.3 Å². The minimum absolute atomic E-state index is 0.0286. The zero-order valence-electron chi connectivity index (χ0n) is 8.49. The molecule has 0 saturated heterocycles. The van der Waals surface area contributed by atoms with Crippen molar-refractivity contribution in [1.82, 2.24) is 5.43 Å². The predicted molar refractivity (Wildman–Crippen MR) is 58.4 cm³/mol. The molecule has 0 spiro atoms. The molecule has 0 bridgehead atoms. The smallest absolute Gasteiger partial charge is 0.0725 e. The molecule has 1 atom stereocenters. The number of fused-ring (bicyclic) bond motifs is 1. The molecule has 1 aromatic rings. The zero-order valence-corrected chi connectivity index (χ0v) is 8.49. The van der Waals surface area contributed by atoms with Crippen LogP contribution in [0.5, 0.6) is 0 Å². The van der Waals surface area contributed by atoms with Crippen LogP contribution in [0.1, 0.15) is 29.2 Å². The molecule has 0 amide bonds. The minimum Gasteiger partial charge on any atom is -0.372 e. The first-order valence-corrected chi connectivity index (χ1v) is 4.94. The lowest BCUT2D eigenvalue weighted by Crippen LogP contribution is -2.27. The van der Waals surface area contributed by atoms with Gasteiger partial charge in [0, 0.05) is 6.42 Å². The van der Waals surface area contributed by atoms with E-state index >= 15 is 0 Å². The SMILES string of the molecule is C#CCC(NN)c1ccc2c(c1)COC2. The second kappa shape index (κ2) is 4.45. The quantitative estimate of drug-likeness (QED) is 0.440. The van der Waals surface area contributed by atoms with Crippen molar-refractivity contribution >= 4 is 0 Å². The number of hydrogen-bond acceptors (Lipinski definition) is 3. The van der Waals surface area contributed by atoms with Crippen molar-refractivity contribution in [2.45, 2.75) is 25.7 Å². The van der Waals surface area contributed by atoms with Crippen molar-refractivity contribution in [3.63, 3.8) is 0 Å². The Morgan fingerprint density at radius 3 is 3.00 bits per heavy atom. The van der Waals surface area contributed by atoms with Crippen molar-refractivity contribution < 1.29 is 4.74 Å². The monoisotopic (exact) mass is 202 g/mol. The summed E-state index contributed by atoms with van der Waals surface area (Å²) in [5, 5.41) is 0. The Bertz CT molecular complexity index is 395. The summed E-state index contributed by atoms with van der Waals surface area (Å²) >= 11 is 0. The first kappa shape index (κ1) is 10.2. The third-order valence-electron chi connectivity index (χ3n) is 2.67. The summed E-state index contributed by atoms with van der Waals surface area (Å²) in [6.45, 7) is 1.40. The number of hydrazine groups is 1. The first-order valence-electron chi connectivity index (χ1n) is 4.94. The predicted octanol–water partition coefficient (Wildman–Crippen LogP) is 1.24. The maximum absolute atomic E-state index is 5.46. The largest absolute Gasteiger partial charge is 0.372 e. The van der Waals surface area contributed by atoms with Crippen LogP contribution in [0.4, 0.5) is 0 Å². The summed E-state index contributed by atoms with van der Waals surface area (Å²) in [6, 6.07) is 6.28. The lowest BCUT2D eigenvalue weighted by Gasteiger charge is -2.14. The Labute approximate surface area is 89.6 Å². The van der Waals surface area contributed by atoms with Gasteiger partial charge in [-0.2, -0.15) is 0 Å². The van der Waals surface area contributed by atoms with E-state index in [-0.39, 0.29) is 6.04 Å². The maximum atomic E-state index is 5.46. The molecule has 0 aliphatic carbocycles. The molecule has 1 heterocycles. The minimum atomic E-state index is 0.0286. The van der Waals surface area contributed by atoms with E-state index in [2.05, 4.69) is 29.5 Å². The Morgan fingerprint density at radius 1 is 1.47 bits per heavy atom. The van der Waals surface area contributed by atoms with Crippen molar-refractivity contribution in [2.24, 2.45) is 5.84 Å². The van der Waals surface area contributed by atoms with Crippen molar-refractivity contribution in [3.05, 3.63) is 34.9 Å². The van der Waals surface area contributed by atoms with Crippen LogP contribution in [0.2, 0.25) is 0 Å². The van der Waals surface area contributed by atoms with Gasteiger partial charge in [-0.3, -0.25) is 11.3 Å². The molecule has 0 aromatic heterocycles. The fourth-order valence-electron chi connectivity index (χ4n) is 1.80. The Balaban J connectivity index is 2.25. The van der Waals surface area contributed by atoms with Gasteiger partial charge >= 0.3 is 0 Å². The average molecular weight is 202 g/mol. The first-order chi connectivity index (χ1) is 7.35. The van der Waals surface area contributed by atoms with Crippen LogP contribution < -0.4 is 11.3 Å². The van der Waals surface area contributed by atoms with E-state index in [1.807, 2.05) is 0 Å². The fraction of sp³-hybridized carbons (Fsp3) is 0.333. The number of nitrogens with one attached hydrogen (secondary N) is 1. The molecule has 2 rings (SSSR count). The Hall–Kier alpha value is -1.34. The second-order valence-electron chi connectivity index (χ2n) is 3.65. The zero-order chi connectivity index (χ0) is 10.7. The highest BCUT2D eigenvalue weighted by Crippen LogP contribution is 2.24. The molecule has 1 aliphatic heterocycles. The van der Waals surface area contributed by atoms with E-state index in [0.717, 1.165) is 5.56 Å². The van der Waals surface area contributed by atoms with E-state index in [1.165, 1.54) is 11.1 Å². The Kier molecular flexibility index (Phi) is 3.02. The highest BCUT2D eigenvalue weighted by atomic mass is 16.5. The number of hydrogen-bond donors (Lipinski definition) is 2. The molecule has 0 radical (unpaired) electrons. The summed E-state index contributed by atoms with van der Waals surface area (Å²) < 4.78 is 5.35. The highest BCUT2D eigenvalue weighted by Gasteiger charge is 2.14. The fourth-order valence-corrected chi connectivity index (χ4v) is 1.80. The van der Waals surface area contributed by atoms with Gasteiger partial charge in [0.15, 0.2) is 0 Å². The lowest BCUT2D eigenvalue weighted by atomic mass is 10.00. The number of ether oxygens (including phenoxy) is 1. The van der Waals surface area contributed by atoms with Gasteiger partial charge in [0.05, 0.1) is 19.3 Å². The summed E-state index contributed by atoms with van der Waals surface area (Å²) in [6.07, 6.45) is 5.88. The molecule has 1 unspecified atom stereocenters. The van der Waals surface area contributed by atoms with E-state index < -0.39 is 0 Å². The van der Waals surface area contributed by atoms with Gasteiger partial charge in [-0.25, -0.2) is 0 Å². The lowest BCUT2D eigenvalue weighted by molar-refractivity contribution is 0.134. The number of benzene rings is 1. The molecule has 3 heteroatoms. The third kappa shape index (κ3) is 2.02. The van der Waals surface area contributed by atoms with Crippen LogP contribution in [0.15, 0.2) is 18.2 Å². The standard InChI is InChI=1S/C12H14N2O/c1-2-3-12(14-13)9-4-5-10-7-15-8-11(10)6-9/h1,4-6,12,14H,3,7-8,13H2. The maximum Gasteiger partial charge on any atom is 0.0725 e. The van der Waals surface area contributed by atoms with Crippen LogP contribution in [-0.2, 0) is 18.0 Å². The van der Waals surface area contributed by atoms with Crippen LogP contribution in [0.3, 0.4) is 0 Å². The molecular weight excluding hydrogens is 188 g/mol. The van der Waals surface area contributed by atoms with Crippen LogP contribution in [-0.4, -0.2) is 0 Å². The summed E-state index contributed by atoms with van der Waals surface area (Å²) in [5.74, 6) is 8.07. The van der Waals surface area contributed by atoms with Gasteiger partial charge in [-0.05, 0) is 16.7 Å². The van der Waals surface area contributed by atoms with Crippen LogP contribution in [0.25, 0.3) is 0 Å².